The molecule has 0 aliphatic carbocycles. The summed E-state index contributed by atoms with van der Waals surface area (Å²) in [5, 5.41) is 0. The maximum absolute atomic E-state index is 12.2. The molecule has 0 heterocycles. The van der Waals surface area contributed by atoms with E-state index in [-0.39, 0.29) is 18.0 Å². The summed E-state index contributed by atoms with van der Waals surface area (Å²) in [5.74, 6) is 0.0168. The van der Waals surface area contributed by atoms with E-state index in [4.69, 9.17) is 9.47 Å². The molecule has 358 valence electrons. The fourth-order valence-corrected chi connectivity index (χ4v) is 8.89. The Morgan fingerprint density at radius 2 is 0.533 bits per heavy atom. The number of unbranched alkanes of at least 4 members (excludes halogenated alkanes) is 43. The molecule has 0 saturated heterocycles. The Bertz CT molecular complexity index is 826. The van der Waals surface area contributed by atoms with Crippen LogP contribution in [0.15, 0.2) is 0 Å². The van der Waals surface area contributed by atoms with E-state index in [9.17, 15) is 9.59 Å². The Labute approximate surface area is 377 Å². The van der Waals surface area contributed by atoms with Crippen molar-refractivity contribution < 1.29 is 19.1 Å². The third-order valence-electron chi connectivity index (χ3n) is 13.1. The van der Waals surface area contributed by atoms with Crippen molar-refractivity contribution in [1.82, 2.24) is 0 Å². The third-order valence-corrected chi connectivity index (χ3v) is 13.1. The molecular formula is C56H110O4. The van der Waals surface area contributed by atoms with E-state index in [1.165, 1.54) is 257 Å². The topological polar surface area (TPSA) is 52.6 Å². The SMILES string of the molecule is CCCCCCCCCCCCCCCCCCCCCCCCOC(=O)CCCCCCCCCCCCCC(C)OC(=O)CCCCCCCCCCCCCCC. The molecule has 0 aromatic heterocycles. The van der Waals surface area contributed by atoms with Crippen molar-refractivity contribution in [3.63, 3.8) is 0 Å². The first-order chi connectivity index (χ1) is 29.6. The molecule has 0 saturated carbocycles. The van der Waals surface area contributed by atoms with E-state index < -0.39 is 0 Å². The lowest BCUT2D eigenvalue weighted by Gasteiger charge is -2.13. The minimum absolute atomic E-state index is 0.00653. The summed E-state index contributed by atoms with van der Waals surface area (Å²) in [5.41, 5.74) is 0. The van der Waals surface area contributed by atoms with E-state index in [2.05, 4.69) is 20.8 Å². The highest BCUT2D eigenvalue weighted by Gasteiger charge is 2.09. The molecule has 1 atom stereocenters. The number of carbonyl (C=O) groups is 2. The van der Waals surface area contributed by atoms with Crippen molar-refractivity contribution in [2.75, 3.05) is 6.61 Å². The van der Waals surface area contributed by atoms with Gasteiger partial charge in [-0.25, -0.2) is 0 Å². The number of hydrogen-bond acceptors (Lipinski definition) is 4. The van der Waals surface area contributed by atoms with Crippen LogP contribution in [0.4, 0.5) is 0 Å². The van der Waals surface area contributed by atoms with Gasteiger partial charge in [-0.15, -0.1) is 0 Å². The molecular weight excluding hydrogens is 737 g/mol. The minimum atomic E-state index is 0.00653. The van der Waals surface area contributed by atoms with Gasteiger partial charge >= 0.3 is 11.9 Å². The molecule has 0 aromatic rings. The standard InChI is InChI=1S/C56H110O4/c1-4-6-8-10-12-14-16-18-19-20-21-22-23-24-25-26-28-33-37-41-45-49-53-59-55(57)51-47-43-39-35-32-29-30-34-38-42-46-50-54(3)60-56(58)52-48-44-40-36-31-27-17-15-13-11-9-7-5-2/h54H,4-53H2,1-3H3. The van der Waals surface area contributed by atoms with Crippen LogP contribution in [0, 0.1) is 0 Å². The first kappa shape index (κ1) is 58.9. The largest absolute Gasteiger partial charge is 0.466 e. The van der Waals surface area contributed by atoms with Crippen molar-refractivity contribution >= 4 is 11.9 Å². The lowest BCUT2D eigenvalue weighted by atomic mass is 10.0. The van der Waals surface area contributed by atoms with Gasteiger partial charge in [-0.2, -0.15) is 0 Å². The van der Waals surface area contributed by atoms with E-state index in [0.717, 1.165) is 44.9 Å². The number of rotatable bonds is 52. The number of hydrogen-bond donors (Lipinski definition) is 0. The van der Waals surface area contributed by atoms with Gasteiger partial charge in [0.1, 0.15) is 0 Å². The molecule has 0 aliphatic rings. The normalized spacial score (nSPS) is 12.0. The zero-order valence-corrected chi connectivity index (χ0v) is 41.6. The molecule has 1 unspecified atom stereocenters. The third kappa shape index (κ3) is 51.3. The van der Waals surface area contributed by atoms with Crippen molar-refractivity contribution in [2.45, 2.75) is 341 Å². The Morgan fingerprint density at radius 3 is 0.833 bits per heavy atom. The molecule has 0 rings (SSSR count). The van der Waals surface area contributed by atoms with Gasteiger partial charge in [0.25, 0.3) is 0 Å². The van der Waals surface area contributed by atoms with Gasteiger partial charge in [-0.3, -0.25) is 9.59 Å². The molecule has 0 aromatic carbocycles. The molecule has 0 N–H and O–H groups in total. The Balaban J connectivity index is 3.27. The van der Waals surface area contributed by atoms with Crippen LogP contribution < -0.4 is 0 Å². The number of ether oxygens (including phenoxy) is 2. The molecule has 0 spiro atoms. The Kier molecular flexibility index (Phi) is 51.4. The van der Waals surface area contributed by atoms with E-state index >= 15 is 0 Å². The molecule has 0 amide bonds. The average Bonchev–Trinajstić information content (AvgIpc) is 3.24. The van der Waals surface area contributed by atoms with E-state index in [1.807, 2.05) is 0 Å². The highest BCUT2D eigenvalue weighted by Crippen LogP contribution is 2.18. The van der Waals surface area contributed by atoms with Gasteiger partial charge in [-0.05, 0) is 39.0 Å². The summed E-state index contributed by atoms with van der Waals surface area (Å²) >= 11 is 0. The zero-order valence-electron chi connectivity index (χ0n) is 41.6. The zero-order chi connectivity index (χ0) is 43.5. The molecule has 4 heteroatoms. The summed E-state index contributed by atoms with van der Waals surface area (Å²) < 4.78 is 11.2. The maximum atomic E-state index is 12.2. The smallest absolute Gasteiger partial charge is 0.306 e. The summed E-state index contributed by atoms with van der Waals surface area (Å²) in [6.07, 6.45) is 63.9. The molecule has 0 aliphatic heterocycles. The van der Waals surface area contributed by atoms with Gasteiger partial charge < -0.3 is 9.47 Å². The monoisotopic (exact) mass is 847 g/mol. The quantitative estimate of drug-likeness (QED) is 0.0452. The Morgan fingerprint density at radius 1 is 0.300 bits per heavy atom. The van der Waals surface area contributed by atoms with Crippen molar-refractivity contribution in [2.24, 2.45) is 0 Å². The second-order valence-electron chi connectivity index (χ2n) is 19.4. The summed E-state index contributed by atoms with van der Waals surface area (Å²) in [6, 6.07) is 0. The van der Waals surface area contributed by atoms with Crippen molar-refractivity contribution in [1.29, 1.82) is 0 Å². The van der Waals surface area contributed by atoms with Gasteiger partial charge in [0, 0.05) is 12.8 Å². The van der Waals surface area contributed by atoms with E-state index in [1.54, 1.807) is 0 Å². The van der Waals surface area contributed by atoms with Gasteiger partial charge in [0.15, 0.2) is 0 Å². The minimum Gasteiger partial charge on any atom is -0.466 e. The van der Waals surface area contributed by atoms with Crippen LogP contribution in [0.1, 0.15) is 335 Å². The van der Waals surface area contributed by atoms with Crippen LogP contribution in [0.25, 0.3) is 0 Å². The summed E-state index contributed by atoms with van der Waals surface area (Å²) in [4.78, 5) is 24.3. The summed E-state index contributed by atoms with van der Waals surface area (Å²) in [7, 11) is 0. The lowest BCUT2D eigenvalue weighted by Crippen LogP contribution is -2.14. The first-order valence-electron chi connectivity index (χ1n) is 27.9. The molecule has 0 radical (unpaired) electrons. The van der Waals surface area contributed by atoms with Crippen molar-refractivity contribution in [3.05, 3.63) is 0 Å². The molecule has 4 nitrogen and oxygen atoms in total. The fourth-order valence-electron chi connectivity index (χ4n) is 8.89. The predicted octanol–water partition coefficient (Wildman–Crippen LogP) is 19.6. The highest BCUT2D eigenvalue weighted by molar-refractivity contribution is 5.69. The second-order valence-corrected chi connectivity index (χ2v) is 19.4. The molecule has 0 bridgehead atoms. The second kappa shape index (κ2) is 52.3. The van der Waals surface area contributed by atoms with Crippen LogP contribution in [0.2, 0.25) is 0 Å². The van der Waals surface area contributed by atoms with Crippen LogP contribution in [-0.2, 0) is 19.1 Å². The lowest BCUT2D eigenvalue weighted by molar-refractivity contribution is -0.148. The molecule has 60 heavy (non-hydrogen) atoms. The van der Waals surface area contributed by atoms with Crippen LogP contribution >= 0.6 is 0 Å². The van der Waals surface area contributed by atoms with Crippen molar-refractivity contribution in [3.8, 4) is 0 Å². The van der Waals surface area contributed by atoms with Gasteiger partial charge in [-0.1, -0.05) is 284 Å². The average molecular weight is 847 g/mol. The number of carbonyl (C=O) groups excluding carboxylic acids is 2. The van der Waals surface area contributed by atoms with Crippen LogP contribution in [-0.4, -0.2) is 24.6 Å². The number of esters is 2. The highest BCUT2D eigenvalue weighted by atomic mass is 16.5. The predicted molar refractivity (Wildman–Crippen MR) is 264 cm³/mol. The maximum Gasteiger partial charge on any atom is 0.306 e. The van der Waals surface area contributed by atoms with Crippen LogP contribution in [0.3, 0.4) is 0 Å². The summed E-state index contributed by atoms with van der Waals surface area (Å²) in [6.45, 7) is 7.26. The van der Waals surface area contributed by atoms with Crippen LogP contribution in [0.5, 0.6) is 0 Å². The Hall–Kier alpha value is -1.06. The molecule has 0 fully saturated rings. The van der Waals surface area contributed by atoms with E-state index in [0.29, 0.717) is 19.4 Å². The van der Waals surface area contributed by atoms with Gasteiger partial charge in [0.05, 0.1) is 12.7 Å². The fraction of sp³-hybridized carbons (Fsp3) is 0.964. The first-order valence-corrected chi connectivity index (χ1v) is 27.9. The van der Waals surface area contributed by atoms with Gasteiger partial charge in [0.2, 0.25) is 0 Å².